The van der Waals surface area contributed by atoms with Crippen LogP contribution in [-0.2, 0) is 0 Å². The molecule has 1 aromatic heterocycles. The van der Waals surface area contributed by atoms with Crippen molar-refractivity contribution in [2.24, 2.45) is 0 Å². The highest BCUT2D eigenvalue weighted by molar-refractivity contribution is 5.25. The predicted molar refractivity (Wildman–Crippen MR) is 118 cm³/mol. The lowest BCUT2D eigenvalue weighted by molar-refractivity contribution is 0.0612. The summed E-state index contributed by atoms with van der Waals surface area (Å²) in [7, 11) is 0. The summed E-state index contributed by atoms with van der Waals surface area (Å²) >= 11 is 0. The van der Waals surface area contributed by atoms with E-state index in [9.17, 15) is 0 Å². The molecule has 0 N–H and O–H groups in total. The van der Waals surface area contributed by atoms with Crippen LogP contribution in [0.2, 0.25) is 0 Å². The van der Waals surface area contributed by atoms with Crippen molar-refractivity contribution in [2.75, 3.05) is 26.2 Å². The number of hydrogen-bond acceptors (Lipinski definition) is 5. The minimum absolute atomic E-state index is 0.150. The van der Waals surface area contributed by atoms with E-state index in [1.54, 1.807) is 0 Å². The molecule has 0 radical (unpaired) electrons. The molecular weight excluding hydrogens is 372 g/mol. The van der Waals surface area contributed by atoms with E-state index in [1.165, 1.54) is 82.9 Å². The van der Waals surface area contributed by atoms with Gasteiger partial charge in [-0.3, -0.25) is 9.80 Å². The number of piperazine rings is 1. The van der Waals surface area contributed by atoms with Crippen LogP contribution in [0.1, 0.15) is 87.7 Å². The first-order valence-electron chi connectivity index (χ1n) is 12.2. The standard InChI is InChI=1S/C24H36N6/c1-4-10-20(11-5-1)23(24-25-26-27-30(24)22-14-8-3-9-15-22)29-18-16-28(17-19-29)21-12-6-2-7-13-21/h1,4-5,10-11,21-23H,2-3,6-9,12-19H2. The highest BCUT2D eigenvalue weighted by atomic mass is 15.6. The molecule has 1 atom stereocenters. The van der Waals surface area contributed by atoms with Crippen LogP contribution in [0.15, 0.2) is 30.3 Å². The van der Waals surface area contributed by atoms with Gasteiger partial charge in [-0.25, -0.2) is 4.68 Å². The molecule has 2 saturated carbocycles. The van der Waals surface area contributed by atoms with Crippen molar-refractivity contribution in [2.45, 2.75) is 82.3 Å². The quantitative estimate of drug-likeness (QED) is 0.741. The molecule has 1 aliphatic heterocycles. The Hall–Kier alpha value is -1.79. The first-order valence-corrected chi connectivity index (χ1v) is 12.2. The van der Waals surface area contributed by atoms with Crippen molar-refractivity contribution < 1.29 is 0 Å². The van der Waals surface area contributed by atoms with Crippen molar-refractivity contribution >= 4 is 0 Å². The van der Waals surface area contributed by atoms with E-state index in [0.717, 1.165) is 25.0 Å². The highest BCUT2D eigenvalue weighted by Gasteiger charge is 2.34. The van der Waals surface area contributed by atoms with E-state index in [1.807, 2.05) is 0 Å². The van der Waals surface area contributed by atoms with Gasteiger partial charge in [0.2, 0.25) is 0 Å². The Bertz CT molecular complexity index is 770. The van der Waals surface area contributed by atoms with Crippen LogP contribution in [0, 0.1) is 0 Å². The predicted octanol–water partition coefficient (Wildman–Crippen LogP) is 4.22. The Morgan fingerprint density at radius 3 is 2.03 bits per heavy atom. The van der Waals surface area contributed by atoms with Crippen molar-refractivity contribution in [3.8, 4) is 0 Å². The summed E-state index contributed by atoms with van der Waals surface area (Å²) in [6.07, 6.45) is 13.4. The Balaban J connectivity index is 1.37. The molecular formula is C24H36N6. The number of rotatable bonds is 5. The SMILES string of the molecule is c1ccc(C(c2nnnn2C2CCCCC2)N2CCN(C3CCCCC3)CC2)cc1. The molecule has 3 fully saturated rings. The van der Waals surface area contributed by atoms with E-state index >= 15 is 0 Å². The van der Waals surface area contributed by atoms with Gasteiger partial charge in [-0.1, -0.05) is 68.9 Å². The third-order valence-electron chi connectivity index (χ3n) is 7.60. The van der Waals surface area contributed by atoms with Crippen molar-refractivity contribution in [1.82, 2.24) is 30.0 Å². The molecule has 30 heavy (non-hydrogen) atoms. The van der Waals surface area contributed by atoms with Gasteiger partial charge in [0.1, 0.15) is 0 Å². The number of hydrogen-bond donors (Lipinski definition) is 0. The monoisotopic (exact) mass is 408 g/mol. The zero-order valence-corrected chi connectivity index (χ0v) is 18.2. The average molecular weight is 409 g/mol. The summed E-state index contributed by atoms with van der Waals surface area (Å²) in [6, 6.07) is 12.3. The van der Waals surface area contributed by atoms with Crippen LogP contribution in [0.3, 0.4) is 0 Å². The summed E-state index contributed by atoms with van der Waals surface area (Å²) in [6.45, 7) is 4.51. The fourth-order valence-corrected chi connectivity index (χ4v) is 5.93. The van der Waals surface area contributed by atoms with Gasteiger partial charge in [-0.2, -0.15) is 0 Å². The van der Waals surface area contributed by atoms with Gasteiger partial charge < -0.3 is 0 Å². The number of tetrazole rings is 1. The molecule has 162 valence electrons. The maximum atomic E-state index is 4.60. The fourth-order valence-electron chi connectivity index (χ4n) is 5.93. The lowest BCUT2D eigenvalue weighted by Gasteiger charge is -2.43. The molecule has 0 amide bonds. The van der Waals surface area contributed by atoms with Crippen molar-refractivity contribution in [1.29, 1.82) is 0 Å². The molecule has 5 rings (SSSR count). The normalized spacial score (nSPS) is 24.1. The van der Waals surface area contributed by atoms with E-state index in [0.29, 0.717) is 6.04 Å². The number of benzene rings is 1. The molecule has 3 aliphatic rings. The number of nitrogens with zero attached hydrogens (tertiary/aromatic N) is 6. The molecule has 6 heteroatoms. The van der Waals surface area contributed by atoms with Crippen LogP contribution in [0.5, 0.6) is 0 Å². The second-order valence-electron chi connectivity index (χ2n) is 9.45. The van der Waals surface area contributed by atoms with Crippen LogP contribution < -0.4 is 0 Å². The van der Waals surface area contributed by atoms with Gasteiger partial charge in [0.05, 0.1) is 12.1 Å². The van der Waals surface area contributed by atoms with E-state index in [-0.39, 0.29) is 6.04 Å². The maximum absolute atomic E-state index is 4.60. The van der Waals surface area contributed by atoms with Crippen LogP contribution in [0.4, 0.5) is 0 Å². The topological polar surface area (TPSA) is 50.1 Å². The van der Waals surface area contributed by atoms with Gasteiger partial charge in [-0.15, -0.1) is 5.10 Å². The van der Waals surface area contributed by atoms with E-state index in [2.05, 4.69) is 60.3 Å². The largest absolute Gasteiger partial charge is 0.298 e. The Labute approximate surface area is 180 Å². The first-order chi connectivity index (χ1) is 14.9. The van der Waals surface area contributed by atoms with Crippen LogP contribution in [0.25, 0.3) is 0 Å². The molecule has 1 aromatic carbocycles. The maximum Gasteiger partial charge on any atom is 0.173 e. The molecule has 0 bridgehead atoms. The van der Waals surface area contributed by atoms with Gasteiger partial charge in [-0.05, 0) is 41.7 Å². The smallest absolute Gasteiger partial charge is 0.173 e. The van der Waals surface area contributed by atoms with Crippen LogP contribution >= 0.6 is 0 Å². The van der Waals surface area contributed by atoms with Gasteiger partial charge in [0.25, 0.3) is 0 Å². The Kier molecular flexibility index (Phi) is 6.42. The van der Waals surface area contributed by atoms with Crippen LogP contribution in [-0.4, -0.2) is 62.2 Å². The zero-order valence-electron chi connectivity index (χ0n) is 18.2. The Morgan fingerprint density at radius 2 is 1.37 bits per heavy atom. The molecule has 0 spiro atoms. The first kappa shape index (κ1) is 20.1. The highest BCUT2D eigenvalue weighted by Crippen LogP contribution is 2.34. The summed E-state index contributed by atoms with van der Waals surface area (Å²) in [5, 5.41) is 13.2. The fraction of sp³-hybridized carbons (Fsp3) is 0.708. The van der Waals surface area contributed by atoms with Crippen molar-refractivity contribution in [3.05, 3.63) is 41.7 Å². The Morgan fingerprint density at radius 1 is 0.733 bits per heavy atom. The summed E-state index contributed by atoms with van der Waals surface area (Å²) in [5.41, 5.74) is 1.32. The summed E-state index contributed by atoms with van der Waals surface area (Å²) in [5.74, 6) is 1.04. The molecule has 2 heterocycles. The van der Waals surface area contributed by atoms with E-state index < -0.39 is 0 Å². The second-order valence-corrected chi connectivity index (χ2v) is 9.45. The van der Waals surface area contributed by atoms with Gasteiger partial charge in [0, 0.05) is 32.2 Å². The van der Waals surface area contributed by atoms with E-state index in [4.69, 9.17) is 0 Å². The third kappa shape index (κ3) is 4.30. The van der Waals surface area contributed by atoms with Gasteiger partial charge >= 0.3 is 0 Å². The number of aromatic nitrogens is 4. The molecule has 6 nitrogen and oxygen atoms in total. The summed E-state index contributed by atoms with van der Waals surface area (Å²) < 4.78 is 2.17. The minimum atomic E-state index is 0.150. The molecule has 1 saturated heterocycles. The average Bonchev–Trinajstić information content (AvgIpc) is 3.31. The lowest BCUT2D eigenvalue weighted by Crippen LogP contribution is -2.52. The minimum Gasteiger partial charge on any atom is -0.298 e. The molecule has 2 aliphatic carbocycles. The lowest BCUT2D eigenvalue weighted by atomic mass is 9.93. The van der Waals surface area contributed by atoms with Crippen molar-refractivity contribution in [3.63, 3.8) is 0 Å². The second kappa shape index (κ2) is 9.56. The molecule has 1 unspecified atom stereocenters. The zero-order chi connectivity index (χ0) is 20.2. The molecule has 2 aromatic rings. The third-order valence-corrected chi connectivity index (χ3v) is 7.60. The van der Waals surface area contributed by atoms with Gasteiger partial charge in [0.15, 0.2) is 5.82 Å². The summed E-state index contributed by atoms with van der Waals surface area (Å²) in [4.78, 5) is 5.38.